The topological polar surface area (TPSA) is 189 Å². The molecule has 350 valence electrons. The summed E-state index contributed by atoms with van der Waals surface area (Å²) in [5.41, 5.74) is 0. The molecule has 1 aliphatic rings. The number of hydrogen-bond donors (Lipinski definition) is 8. The monoisotopic (exact) mass is 844 g/mol. The highest BCUT2D eigenvalue weighted by molar-refractivity contribution is 5.80. The normalized spacial score (nSPS) is 21.8. The van der Waals surface area contributed by atoms with Crippen LogP contribution >= 0.6 is 0 Å². The van der Waals surface area contributed by atoms with Crippen molar-refractivity contribution in [1.82, 2.24) is 5.32 Å². The lowest BCUT2D eigenvalue weighted by Gasteiger charge is -2.40. The van der Waals surface area contributed by atoms with Crippen LogP contribution < -0.4 is 5.32 Å². The number of carbonyl (C=O) groups excluding carboxylic acids is 1. The lowest BCUT2D eigenvalue weighted by atomic mass is 9.98. The molecule has 0 radical (unpaired) electrons. The quantitative estimate of drug-likeness (QED) is 0.0219. The molecule has 0 aliphatic carbocycles. The van der Waals surface area contributed by atoms with Gasteiger partial charge in [0.25, 0.3) is 0 Å². The van der Waals surface area contributed by atoms with Crippen LogP contribution in [0.4, 0.5) is 0 Å². The van der Waals surface area contributed by atoms with Crippen LogP contribution in [0.25, 0.3) is 0 Å². The number of hydrogen-bond acceptors (Lipinski definition) is 10. The van der Waals surface area contributed by atoms with E-state index in [1.807, 2.05) is 0 Å². The smallest absolute Gasteiger partial charge is 0.249 e. The molecule has 59 heavy (non-hydrogen) atoms. The second-order valence-corrected chi connectivity index (χ2v) is 17.5. The maximum Gasteiger partial charge on any atom is 0.249 e. The molecule has 1 heterocycles. The lowest BCUT2D eigenvalue weighted by molar-refractivity contribution is -0.303. The maximum atomic E-state index is 13.0. The van der Waals surface area contributed by atoms with Crippen molar-refractivity contribution in [3.05, 3.63) is 12.2 Å². The molecule has 11 nitrogen and oxygen atoms in total. The highest BCUT2D eigenvalue weighted by Gasteiger charge is 2.44. The Hall–Kier alpha value is -1.15. The lowest BCUT2D eigenvalue weighted by Crippen LogP contribution is -2.60. The molecule has 1 amide bonds. The Morgan fingerprint density at radius 2 is 1.00 bits per heavy atom. The van der Waals surface area contributed by atoms with Crippen molar-refractivity contribution in [3.8, 4) is 0 Å². The van der Waals surface area contributed by atoms with Gasteiger partial charge in [-0.05, 0) is 32.1 Å². The Balaban J connectivity index is 2.24. The van der Waals surface area contributed by atoms with Gasteiger partial charge in [0.15, 0.2) is 6.29 Å². The van der Waals surface area contributed by atoms with Crippen molar-refractivity contribution in [3.63, 3.8) is 0 Å². The zero-order valence-corrected chi connectivity index (χ0v) is 37.7. The number of amides is 1. The first-order valence-electron chi connectivity index (χ1n) is 24.6. The summed E-state index contributed by atoms with van der Waals surface area (Å²) in [7, 11) is 0. The Labute approximate surface area is 360 Å². The van der Waals surface area contributed by atoms with E-state index in [9.17, 15) is 40.5 Å². The van der Waals surface area contributed by atoms with Crippen LogP contribution in [0.3, 0.4) is 0 Å². The number of aliphatic hydroxyl groups excluding tert-OH is 7. The number of ether oxygens (including phenoxy) is 2. The van der Waals surface area contributed by atoms with E-state index < -0.39 is 74.2 Å². The van der Waals surface area contributed by atoms with Crippen LogP contribution in [-0.4, -0.2) is 110 Å². The second-order valence-electron chi connectivity index (χ2n) is 17.5. The predicted octanol–water partition coefficient (Wildman–Crippen LogP) is 8.45. The van der Waals surface area contributed by atoms with Crippen molar-refractivity contribution in [2.24, 2.45) is 0 Å². The zero-order valence-electron chi connectivity index (χ0n) is 37.7. The van der Waals surface area contributed by atoms with E-state index in [1.165, 1.54) is 135 Å². The van der Waals surface area contributed by atoms with E-state index in [1.54, 1.807) is 0 Å². The third kappa shape index (κ3) is 28.2. The molecule has 0 spiro atoms. The summed E-state index contributed by atoms with van der Waals surface area (Å²) in [6.07, 6.45) is 30.4. The summed E-state index contributed by atoms with van der Waals surface area (Å²) in [4.78, 5) is 13.0. The van der Waals surface area contributed by atoms with Crippen molar-refractivity contribution in [2.75, 3.05) is 13.2 Å². The van der Waals surface area contributed by atoms with Crippen molar-refractivity contribution >= 4 is 5.91 Å². The first-order chi connectivity index (χ1) is 28.7. The average molecular weight is 844 g/mol. The van der Waals surface area contributed by atoms with Crippen LogP contribution in [-0.2, 0) is 14.3 Å². The van der Waals surface area contributed by atoms with Crippen molar-refractivity contribution < 1.29 is 50.0 Å². The highest BCUT2D eigenvalue weighted by Crippen LogP contribution is 2.23. The van der Waals surface area contributed by atoms with E-state index in [4.69, 9.17) is 9.47 Å². The van der Waals surface area contributed by atoms with Crippen LogP contribution in [0.1, 0.15) is 219 Å². The maximum absolute atomic E-state index is 13.0. The average Bonchev–Trinajstić information content (AvgIpc) is 3.23. The third-order valence-corrected chi connectivity index (χ3v) is 12.1. The van der Waals surface area contributed by atoms with Gasteiger partial charge in [-0.15, -0.1) is 0 Å². The van der Waals surface area contributed by atoms with Gasteiger partial charge in [-0.25, -0.2) is 0 Å². The number of allylic oxidation sites excluding steroid dienone is 2. The largest absolute Gasteiger partial charge is 0.394 e. The summed E-state index contributed by atoms with van der Waals surface area (Å²) in [6, 6.07) is -1.18. The van der Waals surface area contributed by atoms with Gasteiger partial charge >= 0.3 is 0 Å². The van der Waals surface area contributed by atoms with E-state index in [0.29, 0.717) is 12.8 Å². The van der Waals surface area contributed by atoms with E-state index in [2.05, 4.69) is 31.3 Å². The highest BCUT2D eigenvalue weighted by atomic mass is 16.7. The molecular formula is C48H93NO10. The van der Waals surface area contributed by atoms with Gasteiger partial charge in [-0.1, -0.05) is 199 Å². The third-order valence-electron chi connectivity index (χ3n) is 12.1. The fourth-order valence-corrected chi connectivity index (χ4v) is 7.96. The minimum absolute atomic E-state index is 0.258. The van der Waals surface area contributed by atoms with Crippen LogP contribution in [0.5, 0.6) is 0 Å². The number of unbranched alkanes of at least 4 members (excludes halogenated alkanes) is 27. The van der Waals surface area contributed by atoms with Gasteiger partial charge in [0, 0.05) is 0 Å². The first-order valence-corrected chi connectivity index (χ1v) is 24.6. The van der Waals surface area contributed by atoms with Crippen LogP contribution in [0.15, 0.2) is 12.2 Å². The summed E-state index contributed by atoms with van der Waals surface area (Å²) in [6.45, 7) is 3.34. The zero-order chi connectivity index (χ0) is 43.4. The Bertz CT molecular complexity index is 970. The molecule has 9 unspecified atom stereocenters. The van der Waals surface area contributed by atoms with Crippen molar-refractivity contribution in [2.45, 2.75) is 274 Å². The van der Waals surface area contributed by atoms with Crippen LogP contribution in [0, 0.1) is 0 Å². The van der Waals surface area contributed by atoms with Gasteiger partial charge < -0.3 is 50.5 Å². The molecule has 0 aromatic heterocycles. The Morgan fingerprint density at radius 1 is 0.576 bits per heavy atom. The van der Waals surface area contributed by atoms with Gasteiger partial charge in [0.05, 0.1) is 25.4 Å². The molecule has 1 fully saturated rings. The molecule has 8 N–H and O–H groups in total. The fourth-order valence-electron chi connectivity index (χ4n) is 7.96. The summed E-state index contributed by atoms with van der Waals surface area (Å²) in [5.74, 6) is -0.707. The molecule has 1 saturated heterocycles. The molecule has 9 atom stereocenters. The summed E-state index contributed by atoms with van der Waals surface area (Å²) >= 11 is 0. The fraction of sp³-hybridized carbons (Fsp3) is 0.938. The summed E-state index contributed by atoms with van der Waals surface area (Å²) in [5, 5.41) is 75.3. The van der Waals surface area contributed by atoms with E-state index >= 15 is 0 Å². The molecule has 1 aliphatic heterocycles. The first kappa shape index (κ1) is 55.9. The number of nitrogens with one attached hydrogen (secondary N) is 1. The number of aliphatic hydroxyl groups is 7. The predicted molar refractivity (Wildman–Crippen MR) is 238 cm³/mol. The minimum Gasteiger partial charge on any atom is -0.394 e. The van der Waals surface area contributed by atoms with Gasteiger partial charge in [-0.3, -0.25) is 4.79 Å². The number of carbonyl (C=O) groups is 1. The molecule has 1 rings (SSSR count). The Morgan fingerprint density at radius 3 is 1.44 bits per heavy atom. The van der Waals surface area contributed by atoms with E-state index in [-0.39, 0.29) is 12.8 Å². The van der Waals surface area contributed by atoms with Gasteiger partial charge in [0.2, 0.25) is 5.91 Å². The molecule has 11 heteroatoms. The minimum atomic E-state index is -1.66. The SMILES string of the molecule is CCCC/C=C/CCCC(O)C(O)C(COC1OC(CO)C(O)C(O)C1O)NC(=O)C(O)CCCCCCCCCCCCCCCCCCCCCCCCCCC. The molecule has 0 bridgehead atoms. The van der Waals surface area contributed by atoms with E-state index in [0.717, 1.165) is 44.9 Å². The molecule has 0 aromatic carbocycles. The standard InChI is InChI=1S/C48H93NO10/c1-3-5-7-9-11-12-13-14-15-16-17-18-19-20-21-22-23-24-25-26-27-28-30-32-34-36-41(52)47(57)49-39(43(53)40(51)35-33-31-29-10-8-6-4-2)38-58-48-46(56)45(55)44(54)42(37-50)59-48/h10,29,39-46,48,50-56H,3-9,11-28,30-38H2,1-2H3,(H,49,57)/b29-10+. The molecular weight excluding hydrogens is 751 g/mol. The van der Waals surface area contributed by atoms with Crippen molar-refractivity contribution in [1.29, 1.82) is 0 Å². The summed E-state index contributed by atoms with van der Waals surface area (Å²) < 4.78 is 11.0. The van der Waals surface area contributed by atoms with Crippen LogP contribution in [0.2, 0.25) is 0 Å². The molecule has 0 saturated carbocycles. The Kier molecular flexibility index (Phi) is 36.5. The number of rotatable bonds is 41. The van der Waals surface area contributed by atoms with Gasteiger partial charge in [0.1, 0.15) is 36.6 Å². The molecule has 0 aromatic rings. The van der Waals surface area contributed by atoms with Gasteiger partial charge in [-0.2, -0.15) is 0 Å². The second kappa shape index (κ2) is 38.5.